The molecule has 1 saturated carbocycles. The Morgan fingerprint density at radius 1 is 1.22 bits per heavy atom. The standard InChI is InChI=1S/C16H25NS/c1-13-7-2-4-10-16(13,15-9-6-12-18-15)14-8-3-5-11-17-14/h6,9,12-14,17H,2-5,7-8,10-11H2,1H3. The molecular formula is C16H25NS. The van der Waals surface area contributed by atoms with E-state index in [2.05, 4.69) is 29.8 Å². The molecule has 0 spiro atoms. The molecular weight excluding hydrogens is 238 g/mol. The molecule has 1 aromatic heterocycles. The molecule has 1 aliphatic heterocycles. The summed E-state index contributed by atoms with van der Waals surface area (Å²) in [6.07, 6.45) is 9.81. The highest BCUT2D eigenvalue weighted by molar-refractivity contribution is 7.10. The van der Waals surface area contributed by atoms with Crippen LogP contribution in [0.5, 0.6) is 0 Å². The summed E-state index contributed by atoms with van der Waals surface area (Å²) in [5.74, 6) is 0.834. The van der Waals surface area contributed by atoms with Crippen LogP contribution in [0.3, 0.4) is 0 Å². The van der Waals surface area contributed by atoms with E-state index in [1.165, 1.54) is 51.5 Å². The summed E-state index contributed by atoms with van der Waals surface area (Å²) in [7, 11) is 0. The van der Waals surface area contributed by atoms with E-state index in [1.807, 2.05) is 11.3 Å². The highest BCUT2D eigenvalue weighted by Gasteiger charge is 2.46. The van der Waals surface area contributed by atoms with Gasteiger partial charge >= 0.3 is 0 Å². The van der Waals surface area contributed by atoms with Crippen molar-refractivity contribution < 1.29 is 0 Å². The zero-order chi connectivity index (χ0) is 12.4. The van der Waals surface area contributed by atoms with Gasteiger partial charge < -0.3 is 5.32 Å². The van der Waals surface area contributed by atoms with Crippen LogP contribution in [0.2, 0.25) is 0 Å². The van der Waals surface area contributed by atoms with E-state index in [0.29, 0.717) is 5.41 Å². The van der Waals surface area contributed by atoms with Crippen LogP contribution in [0.1, 0.15) is 56.7 Å². The van der Waals surface area contributed by atoms with Gasteiger partial charge in [-0.2, -0.15) is 0 Å². The van der Waals surface area contributed by atoms with Crippen LogP contribution in [0, 0.1) is 5.92 Å². The van der Waals surface area contributed by atoms with Crippen LogP contribution in [0.15, 0.2) is 17.5 Å². The molecule has 3 rings (SSSR count). The summed E-state index contributed by atoms with van der Waals surface area (Å²) in [5.41, 5.74) is 0.437. The predicted molar refractivity (Wildman–Crippen MR) is 79.3 cm³/mol. The van der Waals surface area contributed by atoms with Crippen LogP contribution >= 0.6 is 11.3 Å². The molecule has 1 nitrogen and oxygen atoms in total. The molecule has 0 radical (unpaired) electrons. The van der Waals surface area contributed by atoms with Crippen molar-refractivity contribution in [2.45, 2.75) is 63.3 Å². The van der Waals surface area contributed by atoms with Crippen LogP contribution in [-0.4, -0.2) is 12.6 Å². The lowest BCUT2D eigenvalue weighted by Gasteiger charge is -2.49. The number of hydrogen-bond donors (Lipinski definition) is 1. The van der Waals surface area contributed by atoms with E-state index < -0.39 is 0 Å². The molecule has 100 valence electrons. The Hall–Kier alpha value is -0.340. The van der Waals surface area contributed by atoms with E-state index in [-0.39, 0.29) is 0 Å². The zero-order valence-corrected chi connectivity index (χ0v) is 12.3. The van der Waals surface area contributed by atoms with Crippen molar-refractivity contribution in [2.75, 3.05) is 6.54 Å². The maximum Gasteiger partial charge on any atom is 0.0226 e. The molecule has 2 heteroatoms. The summed E-state index contributed by atoms with van der Waals surface area (Å²) in [4.78, 5) is 1.65. The fourth-order valence-corrected chi connectivity index (χ4v) is 5.39. The van der Waals surface area contributed by atoms with Crippen molar-refractivity contribution in [1.82, 2.24) is 5.32 Å². The topological polar surface area (TPSA) is 12.0 Å². The predicted octanol–water partition coefficient (Wildman–Crippen LogP) is 4.34. The summed E-state index contributed by atoms with van der Waals surface area (Å²) < 4.78 is 0. The first-order valence-corrected chi connectivity index (χ1v) is 8.49. The molecule has 0 bridgehead atoms. The van der Waals surface area contributed by atoms with Gasteiger partial charge in [0.15, 0.2) is 0 Å². The second-order valence-electron chi connectivity index (χ2n) is 6.17. The third-order valence-electron chi connectivity index (χ3n) is 5.27. The third kappa shape index (κ3) is 2.04. The third-order valence-corrected chi connectivity index (χ3v) is 6.33. The minimum absolute atomic E-state index is 0.437. The lowest BCUT2D eigenvalue weighted by atomic mass is 9.60. The van der Waals surface area contributed by atoms with E-state index in [4.69, 9.17) is 0 Å². The minimum atomic E-state index is 0.437. The van der Waals surface area contributed by atoms with E-state index in [0.717, 1.165) is 12.0 Å². The second-order valence-corrected chi connectivity index (χ2v) is 7.11. The van der Waals surface area contributed by atoms with Crippen molar-refractivity contribution in [3.8, 4) is 0 Å². The van der Waals surface area contributed by atoms with Gasteiger partial charge in [0, 0.05) is 16.3 Å². The first-order chi connectivity index (χ1) is 8.84. The van der Waals surface area contributed by atoms with Crippen LogP contribution in [0.25, 0.3) is 0 Å². The lowest BCUT2D eigenvalue weighted by molar-refractivity contribution is 0.128. The summed E-state index contributed by atoms with van der Waals surface area (Å²) >= 11 is 1.99. The van der Waals surface area contributed by atoms with Crippen molar-refractivity contribution >= 4 is 11.3 Å². The van der Waals surface area contributed by atoms with Crippen molar-refractivity contribution in [3.05, 3.63) is 22.4 Å². The Labute approximate surface area is 115 Å². The fourth-order valence-electron chi connectivity index (χ4n) is 4.26. The van der Waals surface area contributed by atoms with Gasteiger partial charge in [0.1, 0.15) is 0 Å². The summed E-state index contributed by atoms with van der Waals surface area (Å²) in [6.45, 7) is 3.72. The molecule has 3 atom stereocenters. The van der Waals surface area contributed by atoms with Gasteiger partial charge in [0.05, 0.1) is 0 Å². The van der Waals surface area contributed by atoms with E-state index in [9.17, 15) is 0 Å². The monoisotopic (exact) mass is 263 g/mol. The average Bonchev–Trinajstić information content (AvgIpc) is 2.95. The molecule has 1 saturated heterocycles. The van der Waals surface area contributed by atoms with Gasteiger partial charge in [0.2, 0.25) is 0 Å². The molecule has 18 heavy (non-hydrogen) atoms. The summed E-state index contributed by atoms with van der Waals surface area (Å²) in [6, 6.07) is 5.36. The fraction of sp³-hybridized carbons (Fsp3) is 0.750. The van der Waals surface area contributed by atoms with E-state index >= 15 is 0 Å². The Morgan fingerprint density at radius 2 is 2.11 bits per heavy atom. The maximum absolute atomic E-state index is 3.86. The van der Waals surface area contributed by atoms with Crippen molar-refractivity contribution in [3.63, 3.8) is 0 Å². The molecule has 2 aliphatic rings. The quantitative estimate of drug-likeness (QED) is 0.837. The molecule has 0 aromatic carbocycles. The molecule has 2 fully saturated rings. The van der Waals surface area contributed by atoms with Gasteiger partial charge in [-0.25, -0.2) is 0 Å². The largest absolute Gasteiger partial charge is 0.313 e. The number of rotatable bonds is 2. The van der Waals surface area contributed by atoms with E-state index in [1.54, 1.807) is 4.88 Å². The molecule has 1 aromatic rings. The maximum atomic E-state index is 3.86. The normalized spacial score (nSPS) is 37.6. The first-order valence-electron chi connectivity index (χ1n) is 7.61. The first kappa shape index (κ1) is 12.7. The second kappa shape index (κ2) is 5.34. The Balaban J connectivity index is 1.96. The minimum Gasteiger partial charge on any atom is -0.313 e. The molecule has 1 aliphatic carbocycles. The molecule has 3 unspecified atom stereocenters. The average molecular weight is 263 g/mol. The number of hydrogen-bond acceptors (Lipinski definition) is 2. The SMILES string of the molecule is CC1CCCCC1(c1cccs1)C1CCCCN1. The van der Waals surface area contributed by atoms with Gasteiger partial charge in [0.25, 0.3) is 0 Å². The van der Waals surface area contributed by atoms with Crippen LogP contribution in [-0.2, 0) is 5.41 Å². The van der Waals surface area contributed by atoms with Crippen LogP contribution in [0.4, 0.5) is 0 Å². The van der Waals surface area contributed by atoms with Gasteiger partial charge in [-0.1, -0.05) is 32.3 Å². The molecule has 0 amide bonds. The smallest absolute Gasteiger partial charge is 0.0226 e. The van der Waals surface area contributed by atoms with Gasteiger partial charge in [-0.15, -0.1) is 11.3 Å². The van der Waals surface area contributed by atoms with Crippen LogP contribution < -0.4 is 5.32 Å². The van der Waals surface area contributed by atoms with Gasteiger partial charge in [-0.05, 0) is 49.6 Å². The summed E-state index contributed by atoms with van der Waals surface area (Å²) in [5, 5.41) is 6.12. The number of thiophene rings is 1. The highest BCUT2D eigenvalue weighted by Crippen LogP contribution is 2.49. The van der Waals surface area contributed by atoms with Crippen molar-refractivity contribution in [1.29, 1.82) is 0 Å². The molecule has 2 heterocycles. The lowest BCUT2D eigenvalue weighted by Crippen LogP contribution is -2.54. The highest BCUT2D eigenvalue weighted by atomic mass is 32.1. The zero-order valence-electron chi connectivity index (χ0n) is 11.5. The number of nitrogens with one attached hydrogen (secondary N) is 1. The number of piperidine rings is 1. The Kier molecular flexibility index (Phi) is 3.76. The molecule has 1 N–H and O–H groups in total. The Morgan fingerprint density at radius 3 is 2.78 bits per heavy atom. The Bertz CT molecular complexity index is 366. The van der Waals surface area contributed by atoms with Crippen molar-refractivity contribution in [2.24, 2.45) is 5.92 Å². The van der Waals surface area contributed by atoms with Gasteiger partial charge in [-0.3, -0.25) is 0 Å².